The Kier molecular flexibility index (Phi) is 3.68. The summed E-state index contributed by atoms with van der Waals surface area (Å²) < 4.78 is 1.66. The lowest BCUT2D eigenvalue weighted by atomic mass is 9.87. The molecular formula is C15H23N5O2. The Bertz CT molecular complexity index is 599. The van der Waals surface area contributed by atoms with Crippen molar-refractivity contribution in [1.82, 2.24) is 15.1 Å². The summed E-state index contributed by atoms with van der Waals surface area (Å²) in [6.45, 7) is 2.54. The predicted octanol–water partition coefficient (Wildman–Crippen LogP) is 0.159. The van der Waals surface area contributed by atoms with Gasteiger partial charge in [0.2, 0.25) is 11.8 Å². The third kappa shape index (κ3) is 2.61. The third-order valence-corrected chi connectivity index (χ3v) is 4.84. The molecule has 3 rings (SSSR count). The highest BCUT2D eigenvalue weighted by atomic mass is 16.2. The summed E-state index contributed by atoms with van der Waals surface area (Å²) in [5, 5.41) is 7.01. The van der Waals surface area contributed by atoms with Gasteiger partial charge in [0.05, 0.1) is 11.9 Å². The lowest BCUT2D eigenvalue weighted by molar-refractivity contribution is -0.133. The number of nitrogens with two attached hydrogens (primary N) is 1. The SMILES string of the molecule is Cn1cc(N2CCC(NC(=O)[C@@]3(C)CC[C@H](N)C3)C2=O)cn1. The fourth-order valence-electron chi connectivity index (χ4n) is 3.44. The number of aromatic nitrogens is 2. The molecule has 2 fully saturated rings. The van der Waals surface area contributed by atoms with E-state index in [-0.39, 0.29) is 17.9 Å². The second-order valence-corrected chi connectivity index (χ2v) is 6.74. The molecule has 1 aliphatic heterocycles. The zero-order valence-corrected chi connectivity index (χ0v) is 13.1. The van der Waals surface area contributed by atoms with Gasteiger partial charge in [0.1, 0.15) is 6.04 Å². The van der Waals surface area contributed by atoms with Crippen LogP contribution in [0.1, 0.15) is 32.6 Å². The van der Waals surface area contributed by atoms with Gasteiger partial charge in [-0.05, 0) is 25.7 Å². The topological polar surface area (TPSA) is 93.2 Å². The molecule has 1 saturated carbocycles. The highest BCUT2D eigenvalue weighted by molar-refractivity contribution is 6.01. The molecule has 1 unspecified atom stereocenters. The van der Waals surface area contributed by atoms with Crippen LogP contribution >= 0.6 is 0 Å². The van der Waals surface area contributed by atoms with Gasteiger partial charge < -0.3 is 16.0 Å². The minimum Gasteiger partial charge on any atom is -0.344 e. The van der Waals surface area contributed by atoms with Crippen LogP contribution in [0.15, 0.2) is 12.4 Å². The zero-order chi connectivity index (χ0) is 15.9. The van der Waals surface area contributed by atoms with Gasteiger partial charge in [-0.25, -0.2) is 0 Å². The first-order valence-electron chi connectivity index (χ1n) is 7.76. The van der Waals surface area contributed by atoms with Crippen molar-refractivity contribution in [2.75, 3.05) is 11.4 Å². The molecular weight excluding hydrogens is 282 g/mol. The number of nitrogens with zero attached hydrogens (tertiary/aromatic N) is 3. The van der Waals surface area contributed by atoms with E-state index in [2.05, 4.69) is 10.4 Å². The van der Waals surface area contributed by atoms with E-state index in [0.717, 1.165) is 18.5 Å². The van der Waals surface area contributed by atoms with Crippen molar-refractivity contribution in [3.05, 3.63) is 12.4 Å². The lowest BCUT2D eigenvalue weighted by Gasteiger charge is -2.24. The third-order valence-electron chi connectivity index (χ3n) is 4.84. The van der Waals surface area contributed by atoms with Crippen molar-refractivity contribution in [3.8, 4) is 0 Å². The summed E-state index contributed by atoms with van der Waals surface area (Å²) in [6, 6.07) is -0.358. The van der Waals surface area contributed by atoms with Crippen LogP contribution < -0.4 is 16.0 Å². The highest BCUT2D eigenvalue weighted by Crippen LogP contribution is 2.37. The second kappa shape index (κ2) is 5.39. The maximum atomic E-state index is 12.5. The molecule has 7 heteroatoms. The number of aryl methyl sites for hydroxylation is 1. The fourth-order valence-corrected chi connectivity index (χ4v) is 3.44. The zero-order valence-electron chi connectivity index (χ0n) is 13.1. The number of carbonyl (C=O) groups is 2. The van der Waals surface area contributed by atoms with Gasteiger partial charge in [0.25, 0.3) is 0 Å². The van der Waals surface area contributed by atoms with Crippen LogP contribution in [-0.4, -0.2) is 40.2 Å². The van der Waals surface area contributed by atoms with E-state index < -0.39 is 11.5 Å². The highest BCUT2D eigenvalue weighted by Gasteiger charge is 2.43. The molecule has 22 heavy (non-hydrogen) atoms. The monoisotopic (exact) mass is 305 g/mol. The van der Waals surface area contributed by atoms with Crippen LogP contribution in [0.3, 0.4) is 0 Å². The molecule has 2 heterocycles. The number of hydrogen-bond donors (Lipinski definition) is 2. The van der Waals surface area contributed by atoms with Gasteiger partial charge >= 0.3 is 0 Å². The second-order valence-electron chi connectivity index (χ2n) is 6.74. The van der Waals surface area contributed by atoms with Crippen LogP contribution in [-0.2, 0) is 16.6 Å². The lowest BCUT2D eigenvalue weighted by Crippen LogP contribution is -2.47. The quantitative estimate of drug-likeness (QED) is 0.832. The minimum absolute atomic E-state index is 0.0492. The molecule has 0 spiro atoms. The van der Waals surface area contributed by atoms with Crippen LogP contribution in [0.5, 0.6) is 0 Å². The Morgan fingerprint density at radius 3 is 2.86 bits per heavy atom. The van der Waals surface area contributed by atoms with Crippen LogP contribution in [0, 0.1) is 5.41 Å². The molecule has 1 aromatic rings. The van der Waals surface area contributed by atoms with Gasteiger partial charge in [-0.1, -0.05) is 6.92 Å². The summed E-state index contributed by atoms with van der Waals surface area (Å²) in [7, 11) is 1.81. The molecule has 2 aliphatic rings. The van der Waals surface area contributed by atoms with Gasteiger partial charge in [-0.2, -0.15) is 5.10 Å². The standard InChI is InChI=1S/C15H23N5O2/c1-15(5-3-10(16)7-15)14(22)18-12-4-6-20(13(12)21)11-8-17-19(2)9-11/h8-10,12H,3-7,16H2,1-2H3,(H,18,22)/t10-,12?,15-/m0/s1. The van der Waals surface area contributed by atoms with E-state index in [1.54, 1.807) is 22.0 Å². The first-order chi connectivity index (χ1) is 10.4. The molecule has 1 aliphatic carbocycles. The smallest absolute Gasteiger partial charge is 0.249 e. The van der Waals surface area contributed by atoms with Crippen molar-refractivity contribution in [2.45, 2.75) is 44.7 Å². The molecule has 120 valence electrons. The number of nitrogens with one attached hydrogen (secondary N) is 1. The first-order valence-corrected chi connectivity index (χ1v) is 7.76. The summed E-state index contributed by atoms with van der Waals surface area (Å²) in [4.78, 5) is 26.7. The maximum Gasteiger partial charge on any atom is 0.249 e. The minimum atomic E-state index is -0.443. The van der Waals surface area contributed by atoms with Crippen molar-refractivity contribution >= 4 is 17.5 Å². The normalized spacial score (nSPS) is 31.8. The van der Waals surface area contributed by atoms with E-state index in [4.69, 9.17) is 5.73 Å². The summed E-state index contributed by atoms with van der Waals surface area (Å²) in [5.41, 5.74) is 6.25. The summed E-state index contributed by atoms with van der Waals surface area (Å²) in [5.74, 6) is -0.112. The van der Waals surface area contributed by atoms with E-state index >= 15 is 0 Å². The number of hydrogen-bond acceptors (Lipinski definition) is 4. The molecule has 2 amide bonds. The Hall–Kier alpha value is -1.89. The van der Waals surface area contributed by atoms with E-state index in [0.29, 0.717) is 19.4 Å². The van der Waals surface area contributed by atoms with Gasteiger partial charge in [-0.15, -0.1) is 0 Å². The number of amides is 2. The molecule has 0 radical (unpaired) electrons. The van der Waals surface area contributed by atoms with Crippen molar-refractivity contribution in [2.24, 2.45) is 18.2 Å². The van der Waals surface area contributed by atoms with Gasteiger partial charge in [0.15, 0.2) is 0 Å². The van der Waals surface area contributed by atoms with Gasteiger partial charge in [0, 0.05) is 31.2 Å². The average molecular weight is 305 g/mol. The van der Waals surface area contributed by atoms with Gasteiger partial charge in [-0.3, -0.25) is 14.3 Å². The Balaban J connectivity index is 1.65. The number of anilines is 1. The molecule has 7 nitrogen and oxygen atoms in total. The maximum absolute atomic E-state index is 12.5. The van der Waals surface area contributed by atoms with E-state index in [1.807, 2.05) is 14.0 Å². The Morgan fingerprint density at radius 2 is 2.27 bits per heavy atom. The van der Waals surface area contributed by atoms with Crippen molar-refractivity contribution < 1.29 is 9.59 Å². The van der Waals surface area contributed by atoms with Crippen molar-refractivity contribution in [3.63, 3.8) is 0 Å². The number of rotatable bonds is 3. The molecule has 3 N–H and O–H groups in total. The number of carbonyl (C=O) groups excluding carboxylic acids is 2. The Morgan fingerprint density at radius 1 is 1.50 bits per heavy atom. The molecule has 0 bridgehead atoms. The molecule has 0 aromatic carbocycles. The Labute approximate surface area is 129 Å². The summed E-state index contributed by atoms with van der Waals surface area (Å²) >= 11 is 0. The average Bonchev–Trinajstić information content (AvgIpc) is 3.13. The fraction of sp³-hybridized carbons (Fsp3) is 0.667. The van der Waals surface area contributed by atoms with Crippen molar-refractivity contribution in [1.29, 1.82) is 0 Å². The molecule has 1 aromatic heterocycles. The van der Waals surface area contributed by atoms with E-state index in [9.17, 15) is 9.59 Å². The van der Waals surface area contributed by atoms with E-state index in [1.165, 1.54) is 0 Å². The summed E-state index contributed by atoms with van der Waals surface area (Å²) in [6.07, 6.45) is 6.43. The molecule has 1 saturated heterocycles. The van der Waals surface area contributed by atoms with Crippen LogP contribution in [0.2, 0.25) is 0 Å². The predicted molar refractivity (Wildman–Crippen MR) is 82.0 cm³/mol. The molecule has 3 atom stereocenters. The van der Waals surface area contributed by atoms with Crippen LogP contribution in [0.25, 0.3) is 0 Å². The first kappa shape index (κ1) is 15.0. The van der Waals surface area contributed by atoms with Crippen LogP contribution in [0.4, 0.5) is 5.69 Å². The largest absolute Gasteiger partial charge is 0.344 e.